The molecule has 1 amide bonds. The molecule has 0 radical (unpaired) electrons. The third-order valence-corrected chi connectivity index (χ3v) is 3.37. The number of primary amides is 1. The zero-order valence-electron chi connectivity index (χ0n) is 10.7. The van der Waals surface area contributed by atoms with E-state index in [1.165, 1.54) is 0 Å². The van der Waals surface area contributed by atoms with Crippen LogP contribution in [0.2, 0.25) is 0 Å². The van der Waals surface area contributed by atoms with Crippen LogP contribution in [0.15, 0.2) is 35.4 Å². The van der Waals surface area contributed by atoms with Crippen LogP contribution in [0.1, 0.15) is 11.1 Å². The Morgan fingerprint density at radius 2 is 1.76 bits per heavy atom. The number of nitrogen functional groups attached to an aromatic ring is 1. The molecule has 0 saturated heterocycles. The molecular weight excluding hydrogens is 286 g/mol. The fraction of sp³-hybridized carbons (Fsp3) is 0. The number of carbonyl (C=O) groups is 1. The third kappa shape index (κ3) is 2.78. The predicted molar refractivity (Wildman–Crippen MR) is 79.0 cm³/mol. The number of rotatable bonds is 2. The number of nitrogens with two attached hydrogens (primary N) is 2. The standard InChI is InChI=1S/C14H9N5OS/c15-6-9-11(8-4-2-1-3-5-8)10(7-16)13(19-12(9)17)21-14(18)20/h1-5H,(H2,17,19)(H2,18,20). The molecule has 2 rings (SSSR count). The Kier molecular flexibility index (Phi) is 4.07. The first-order valence-electron chi connectivity index (χ1n) is 5.74. The van der Waals surface area contributed by atoms with Gasteiger partial charge in [-0.3, -0.25) is 4.79 Å². The summed E-state index contributed by atoms with van der Waals surface area (Å²) in [4.78, 5) is 15.0. The van der Waals surface area contributed by atoms with E-state index >= 15 is 0 Å². The minimum absolute atomic E-state index is 0.0425. The fourth-order valence-corrected chi connectivity index (χ4v) is 2.45. The number of nitrogens with zero attached hydrogens (tertiary/aromatic N) is 3. The van der Waals surface area contributed by atoms with E-state index in [4.69, 9.17) is 11.5 Å². The van der Waals surface area contributed by atoms with Gasteiger partial charge in [-0.05, 0) is 17.3 Å². The second-order valence-corrected chi connectivity index (χ2v) is 4.93. The van der Waals surface area contributed by atoms with E-state index in [1.54, 1.807) is 24.3 Å². The van der Waals surface area contributed by atoms with Gasteiger partial charge in [0.05, 0.1) is 5.56 Å². The number of aromatic nitrogens is 1. The summed E-state index contributed by atoms with van der Waals surface area (Å²) in [6, 6.07) is 12.8. The van der Waals surface area contributed by atoms with Crippen LogP contribution in [0.4, 0.5) is 10.6 Å². The van der Waals surface area contributed by atoms with Crippen molar-refractivity contribution in [2.45, 2.75) is 5.03 Å². The van der Waals surface area contributed by atoms with Crippen molar-refractivity contribution in [3.8, 4) is 23.3 Å². The van der Waals surface area contributed by atoms with Gasteiger partial charge in [-0.15, -0.1) is 0 Å². The first kappa shape index (κ1) is 14.4. The summed E-state index contributed by atoms with van der Waals surface area (Å²) in [5, 5.41) is 18.0. The molecule has 2 aromatic rings. The Bertz CT molecular complexity index is 790. The first-order chi connectivity index (χ1) is 10.1. The fourth-order valence-electron chi connectivity index (χ4n) is 1.86. The Morgan fingerprint density at radius 1 is 1.14 bits per heavy atom. The lowest BCUT2D eigenvalue weighted by molar-refractivity contribution is 0.267. The van der Waals surface area contributed by atoms with Crippen molar-refractivity contribution in [2.24, 2.45) is 5.73 Å². The van der Waals surface area contributed by atoms with Crippen LogP contribution in [-0.4, -0.2) is 10.2 Å². The highest BCUT2D eigenvalue weighted by molar-refractivity contribution is 8.13. The third-order valence-electron chi connectivity index (χ3n) is 2.68. The van der Waals surface area contributed by atoms with Crippen LogP contribution in [0, 0.1) is 22.7 Å². The molecule has 102 valence electrons. The summed E-state index contributed by atoms with van der Waals surface area (Å²) in [6.07, 6.45) is 0. The van der Waals surface area contributed by atoms with Crippen LogP contribution < -0.4 is 11.5 Å². The lowest BCUT2D eigenvalue weighted by atomic mass is 9.97. The van der Waals surface area contributed by atoms with E-state index in [2.05, 4.69) is 4.98 Å². The molecule has 6 nitrogen and oxygen atoms in total. The van der Waals surface area contributed by atoms with Crippen LogP contribution in [0.5, 0.6) is 0 Å². The van der Waals surface area contributed by atoms with Gasteiger partial charge in [0.1, 0.15) is 28.5 Å². The quantitative estimate of drug-likeness (QED) is 0.817. The van der Waals surface area contributed by atoms with Crippen molar-refractivity contribution in [1.29, 1.82) is 10.5 Å². The molecule has 0 aliphatic rings. The molecule has 0 aliphatic heterocycles. The summed E-state index contributed by atoms with van der Waals surface area (Å²) in [5.74, 6) is -0.0425. The average molecular weight is 295 g/mol. The number of pyridine rings is 1. The molecule has 0 unspecified atom stereocenters. The number of anilines is 1. The topological polar surface area (TPSA) is 130 Å². The van der Waals surface area contributed by atoms with Crippen LogP contribution in [-0.2, 0) is 0 Å². The highest BCUT2D eigenvalue weighted by Gasteiger charge is 2.21. The van der Waals surface area contributed by atoms with Gasteiger partial charge in [-0.2, -0.15) is 10.5 Å². The minimum Gasteiger partial charge on any atom is -0.383 e. The highest BCUT2D eigenvalue weighted by Crippen LogP contribution is 2.35. The number of carbonyl (C=O) groups excluding carboxylic acids is 1. The predicted octanol–water partition coefficient (Wildman–Crippen LogP) is 2.24. The van der Waals surface area contributed by atoms with Crippen molar-refractivity contribution in [1.82, 2.24) is 4.98 Å². The van der Waals surface area contributed by atoms with Gasteiger partial charge in [0, 0.05) is 5.56 Å². The number of benzene rings is 1. The van der Waals surface area contributed by atoms with Crippen molar-refractivity contribution < 1.29 is 4.79 Å². The van der Waals surface area contributed by atoms with Crippen LogP contribution >= 0.6 is 11.8 Å². The zero-order chi connectivity index (χ0) is 15.4. The van der Waals surface area contributed by atoms with Crippen molar-refractivity contribution in [2.75, 3.05) is 5.73 Å². The monoisotopic (exact) mass is 295 g/mol. The van der Waals surface area contributed by atoms with Crippen LogP contribution in [0.3, 0.4) is 0 Å². The molecular formula is C14H9N5OS. The lowest BCUT2D eigenvalue weighted by Crippen LogP contribution is -2.07. The summed E-state index contributed by atoms with van der Waals surface area (Å²) >= 11 is 0.608. The second kappa shape index (κ2) is 5.95. The molecule has 0 saturated carbocycles. The zero-order valence-corrected chi connectivity index (χ0v) is 11.5. The Hall–Kier alpha value is -3.03. The van der Waals surface area contributed by atoms with Gasteiger partial charge < -0.3 is 11.5 Å². The van der Waals surface area contributed by atoms with Gasteiger partial charge in [0.2, 0.25) is 0 Å². The number of amides is 1. The largest absolute Gasteiger partial charge is 0.383 e. The van der Waals surface area contributed by atoms with Crippen molar-refractivity contribution >= 4 is 22.8 Å². The Morgan fingerprint density at radius 3 is 2.29 bits per heavy atom. The van der Waals surface area contributed by atoms with E-state index in [0.717, 1.165) is 0 Å². The van der Waals surface area contributed by atoms with Gasteiger partial charge in [-0.1, -0.05) is 30.3 Å². The maximum Gasteiger partial charge on any atom is 0.282 e. The molecule has 21 heavy (non-hydrogen) atoms. The van der Waals surface area contributed by atoms with E-state index in [-0.39, 0.29) is 22.0 Å². The molecule has 1 aromatic carbocycles. The van der Waals surface area contributed by atoms with Gasteiger partial charge >= 0.3 is 0 Å². The summed E-state index contributed by atoms with van der Waals surface area (Å²) in [5.41, 5.74) is 12.1. The number of hydrogen-bond donors (Lipinski definition) is 2. The van der Waals surface area contributed by atoms with Gasteiger partial charge in [0.15, 0.2) is 0 Å². The summed E-state index contributed by atoms with van der Waals surface area (Å²) < 4.78 is 0. The minimum atomic E-state index is -0.706. The molecule has 0 spiro atoms. The van der Waals surface area contributed by atoms with Crippen molar-refractivity contribution in [3.63, 3.8) is 0 Å². The number of nitriles is 2. The molecule has 0 atom stereocenters. The van der Waals surface area contributed by atoms with E-state index in [1.807, 2.05) is 18.2 Å². The molecule has 7 heteroatoms. The number of hydrogen-bond acceptors (Lipinski definition) is 6. The Labute approximate surface area is 125 Å². The maximum atomic E-state index is 11.1. The molecule has 1 aromatic heterocycles. The Balaban J connectivity index is 2.83. The SMILES string of the molecule is N#Cc1c(N)nc(SC(N)=O)c(C#N)c1-c1ccccc1. The smallest absolute Gasteiger partial charge is 0.282 e. The molecule has 0 bridgehead atoms. The van der Waals surface area contributed by atoms with Gasteiger partial charge in [-0.25, -0.2) is 4.98 Å². The highest BCUT2D eigenvalue weighted by atomic mass is 32.2. The first-order valence-corrected chi connectivity index (χ1v) is 6.56. The van der Waals surface area contributed by atoms with E-state index in [0.29, 0.717) is 22.9 Å². The summed E-state index contributed by atoms with van der Waals surface area (Å²) in [7, 11) is 0. The normalized spacial score (nSPS) is 9.62. The molecule has 1 heterocycles. The lowest BCUT2D eigenvalue weighted by Gasteiger charge is -2.11. The molecule has 0 aliphatic carbocycles. The number of thioether (sulfide) groups is 1. The van der Waals surface area contributed by atoms with Crippen LogP contribution in [0.25, 0.3) is 11.1 Å². The maximum absolute atomic E-state index is 11.1. The average Bonchev–Trinajstić information content (AvgIpc) is 2.47. The summed E-state index contributed by atoms with van der Waals surface area (Å²) in [6.45, 7) is 0. The van der Waals surface area contributed by atoms with E-state index < -0.39 is 5.24 Å². The molecule has 0 fully saturated rings. The molecule has 4 N–H and O–H groups in total. The van der Waals surface area contributed by atoms with Crippen molar-refractivity contribution in [3.05, 3.63) is 41.5 Å². The van der Waals surface area contributed by atoms with E-state index in [9.17, 15) is 15.3 Å². The second-order valence-electron chi connectivity index (χ2n) is 3.94. The van der Waals surface area contributed by atoms with Gasteiger partial charge in [0.25, 0.3) is 5.24 Å².